The van der Waals surface area contributed by atoms with E-state index >= 15 is 0 Å². The van der Waals surface area contributed by atoms with Crippen LogP contribution in [0.1, 0.15) is 30.9 Å². The third kappa shape index (κ3) is 2.34. The second-order valence-electron chi connectivity index (χ2n) is 5.05. The van der Waals surface area contributed by atoms with Crippen molar-refractivity contribution in [1.29, 1.82) is 0 Å². The molecule has 0 aliphatic heterocycles. The Hall–Kier alpha value is -1.35. The number of aliphatic hydroxyl groups excluding tert-OH is 1. The van der Waals surface area contributed by atoms with Gasteiger partial charge in [0.1, 0.15) is 0 Å². The minimum Gasteiger partial charge on any atom is -0.481 e. The fraction of sp³-hybridized carbons (Fsp3) is 0.500. The Bertz CT molecular complexity index is 425. The monoisotopic (exact) mass is 234 g/mol. The molecule has 1 aliphatic carbocycles. The van der Waals surface area contributed by atoms with Crippen molar-refractivity contribution in [3.8, 4) is 0 Å². The van der Waals surface area contributed by atoms with Gasteiger partial charge >= 0.3 is 5.97 Å². The number of fused-ring (bicyclic) bond motifs is 1. The lowest BCUT2D eigenvalue weighted by Crippen LogP contribution is -2.40. The zero-order valence-electron chi connectivity index (χ0n) is 10.0. The van der Waals surface area contributed by atoms with E-state index in [1.807, 2.05) is 18.2 Å². The van der Waals surface area contributed by atoms with Crippen LogP contribution in [0.15, 0.2) is 24.3 Å². The Kier molecular flexibility index (Phi) is 3.20. The Balaban J connectivity index is 2.30. The smallest absolute Gasteiger partial charge is 0.304 e. The molecule has 2 N–H and O–H groups in total. The molecule has 1 aromatic carbocycles. The highest BCUT2D eigenvalue weighted by Gasteiger charge is 2.40. The molecule has 0 heterocycles. The topological polar surface area (TPSA) is 57.5 Å². The molecule has 0 amide bonds. The molecule has 1 aromatic rings. The molecule has 1 unspecified atom stereocenters. The summed E-state index contributed by atoms with van der Waals surface area (Å²) >= 11 is 0. The van der Waals surface area contributed by atoms with Crippen molar-refractivity contribution < 1.29 is 15.0 Å². The highest BCUT2D eigenvalue weighted by Crippen LogP contribution is 2.41. The standard InChI is InChI=1S/C14H18O3/c1-10(15)14(9-13(16)17)7-6-11-4-2-3-5-12(11)8-14/h2-5,10,15H,6-9H2,1H3,(H,16,17)/t10-,14?/m1/s1. The van der Waals surface area contributed by atoms with Gasteiger partial charge in [0.2, 0.25) is 0 Å². The molecule has 0 fully saturated rings. The van der Waals surface area contributed by atoms with Crippen LogP contribution in [-0.2, 0) is 17.6 Å². The number of aliphatic hydroxyl groups is 1. The Morgan fingerprint density at radius 2 is 2.06 bits per heavy atom. The number of carboxylic acids is 1. The number of hydrogen-bond donors (Lipinski definition) is 2. The molecule has 0 radical (unpaired) electrons. The summed E-state index contributed by atoms with van der Waals surface area (Å²) in [4.78, 5) is 11.0. The number of rotatable bonds is 3. The van der Waals surface area contributed by atoms with Gasteiger partial charge in [0.15, 0.2) is 0 Å². The van der Waals surface area contributed by atoms with Crippen LogP contribution in [0, 0.1) is 5.41 Å². The van der Waals surface area contributed by atoms with E-state index in [4.69, 9.17) is 5.11 Å². The van der Waals surface area contributed by atoms with E-state index < -0.39 is 17.5 Å². The second-order valence-corrected chi connectivity index (χ2v) is 5.05. The van der Waals surface area contributed by atoms with Crippen LogP contribution < -0.4 is 0 Å². The van der Waals surface area contributed by atoms with Crippen molar-refractivity contribution in [2.45, 2.75) is 38.7 Å². The Morgan fingerprint density at radius 1 is 1.41 bits per heavy atom. The highest BCUT2D eigenvalue weighted by atomic mass is 16.4. The molecule has 17 heavy (non-hydrogen) atoms. The molecule has 0 spiro atoms. The fourth-order valence-electron chi connectivity index (χ4n) is 2.78. The van der Waals surface area contributed by atoms with E-state index in [-0.39, 0.29) is 6.42 Å². The van der Waals surface area contributed by atoms with Crippen molar-refractivity contribution in [2.24, 2.45) is 5.41 Å². The lowest BCUT2D eigenvalue weighted by molar-refractivity contribution is -0.142. The van der Waals surface area contributed by atoms with Crippen molar-refractivity contribution in [1.82, 2.24) is 0 Å². The predicted octanol–water partition coefficient (Wildman–Crippen LogP) is 2.02. The molecular weight excluding hydrogens is 216 g/mol. The normalized spacial score (nSPS) is 25.1. The van der Waals surface area contributed by atoms with E-state index in [1.165, 1.54) is 11.1 Å². The van der Waals surface area contributed by atoms with Crippen molar-refractivity contribution in [3.63, 3.8) is 0 Å². The first-order valence-corrected chi connectivity index (χ1v) is 6.00. The Labute approximate surface area is 101 Å². The van der Waals surface area contributed by atoms with Crippen molar-refractivity contribution in [2.75, 3.05) is 0 Å². The molecule has 1 aliphatic rings. The predicted molar refractivity (Wildman–Crippen MR) is 64.8 cm³/mol. The van der Waals surface area contributed by atoms with Crippen molar-refractivity contribution in [3.05, 3.63) is 35.4 Å². The van der Waals surface area contributed by atoms with E-state index in [9.17, 15) is 9.90 Å². The summed E-state index contributed by atoms with van der Waals surface area (Å²) in [5.41, 5.74) is 1.97. The van der Waals surface area contributed by atoms with Crippen LogP contribution in [0.25, 0.3) is 0 Å². The molecule has 3 nitrogen and oxygen atoms in total. The zero-order valence-corrected chi connectivity index (χ0v) is 10.0. The molecule has 0 saturated heterocycles. The number of aliphatic carboxylic acids is 1. The maximum atomic E-state index is 11.0. The summed E-state index contributed by atoms with van der Waals surface area (Å²) in [5.74, 6) is -0.828. The molecule has 0 aromatic heterocycles. The molecule has 2 rings (SSSR count). The molecule has 2 atom stereocenters. The molecule has 3 heteroatoms. The fourth-order valence-corrected chi connectivity index (χ4v) is 2.78. The van der Waals surface area contributed by atoms with E-state index in [0.717, 1.165) is 12.8 Å². The maximum Gasteiger partial charge on any atom is 0.304 e. The van der Waals surface area contributed by atoms with Gasteiger partial charge in [0.05, 0.1) is 12.5 Å². The van der Waals surface area contributed by atoms with Gasteiger partial charge in [-0.05, 0) is 37.3 Å². The van der Waals surface area contributed by atoms with Crippen LogP contribution in [0.5, 0.6) is 0 Å². The summed E-state index contributed by atoms with van der Waals surface area (Å²) < 4.78 is 0. The first-order valence-electron chi connectivity index (χ1n) is 6.00. The van der Waals surface area contributed by atoms with E-state index in [1.54, 1.807) is 6.92 Å². The summed E-state index contributed by atoms with van der Waals surface area (Å²) in [7, 11) is 0. The van der Waals surface area contributed by atoms with Crippen LogP contribution in [0.3, 0.4) is 0 Å². The lowest BCUT2D eigenvalue weighted by Gasteiger charge is -2.39. The van der Waals surface area contributed by atoms with Gasteiger partial charge in [0, 0.05) is 5.41 Å². The van der Waals surface area contributed by atoms with Gasteiger partial charge in [-0.2, -0.15) is 0 Å². The quantitative estimate of drug-likeness (QED) is 0.841. The zero-order chi connectivity index (χ0) is 12.5. The van der Waals surface area contributed by atoms with Crippen LogP contribution in [-0.4, -0.2) is 22.3 Å². The summed E-state index contributed by atoms with van der Waals surface area (Å²) in [6, 6.07) is 8.10. The number of aryl methyl sites for hydroxylation is 1. The highest BCUT2D eigenvalue weighted by molar-refractivity contribution is 5.68. The summed E-state index contributed by atoms with van der Waals surface area (Å²) in [6.07, 6.45) is 1.71. The summed E-state index contributed by atoms with van der Waals surface area (Å²) in [6.45, 7) is 1.71. The minimum atomic E-state index is -0.828. The summed E-state index contributed by atoms with van der Waals surface area (Å²) in [5, 5.41) is 19.0. The molecule has 92 valence electrons. The SMILES string of the molecule is C[C@@H](O)C1(CC(=O)O)CCc2ccccc2C1. The van der Waals surface area contributed by atoms with Gasteiger partial charge in [-0.25, -0.2) is 0 Å². The molecule has 0 bridgehead atoms. The number of carboxylic acid groups (broad SMARTS) is 1. The molecular formula is C14H18O3. The lowest BCUT2D eigenvalue weighted by atomic mass is 9.66. The maximum absolute atomic E-state index is 11.0. The Morgan fingerprint density at radius 3 is 2.65 bits per heavy atom. The van der Waals surface area contributed by atoms with Crippen LogP contribution in [0.2, 0.25) is 0 Å². The molecule has 0 saturated carbocycles. The third-order valence-corrected chi connectivity index (χ3v) is 3.94. The van der Waals surface area contributed by atoms with Crippen LogP contribution in [0.4, 0.5) is 0 Å². The largest absolute Gasteiger partial charge is 0.481 e. The van der Waals surface area contributed by atoms with Gasteiger partial charge in [-0.1, -0.05) is 24.3 Å². The van der Waals surface area contributed by atoms with Gasteiger partial charge in [-0.15, -0.1) is 0 Å². The number of carbonyl (C=O) groups is 1. The first-order chi connectivity index (χ1) is 8.03. The van der Waals surface area contributed by atoms with Crippen LogP contribution >= 0.6 is 0 Å². The van der Waals surface area contributed by atoms with Gasteiger partial charge in [-0.3, -0.25) is 4.79 Å². The van der Waals surface area contributed by atoms with E-state index in [2.05, 4.69) is 6.07 Å². The first kappa shape index (κ1) is 12.1. The number of benzene rings is 1. The van der Waals surface area contributed by atoms with Crippen molar-refractivity contribution >= 4 is 5.97 Å². The minimum absolute atomic E-state index is 0.0407. The number of hydrogen-bond acceptors (Lipinski definition) is 2. The van der Waals surface area contributed by atoms with E-state index in [0.29, 0.717) is 6.42 Å². The average Bonchev–Trinajstić information content (AvgIpc) is 2.27. The average molecular weight is 234 g/mol. The van der Waals surface area contributed by atoms with Gasteiger partial charge in [0.25, 0.3) is 0 Å². The second kappa shape index (κ2) is 4.49. The van der Waals surface area contributed by atoms with Gasteiger partial charge < -0.3 is 10.2 Å². The third-order valence-electron chi connectivity index (χ3n) is 3.94.